The fraction of sp³-hybridized carbons (Fsp3) is 0.143. The molecular formula is C28H26N2O. The van der Waals surface area contributed by atoms with Crippen molar-refractivity contribution in [1.82, 2.24) is 5.43 Å². The van der Waals surface area contributed by atoms with Crippen LogP contribution in [0.2, 0.25) is 0 Å². The van der Waals surface area contributed by atoms with Crippen LogP contribution in [-0.4, -0.2) is 11.6 Å². The molecule has 1 amide bonds. The number of benzene rings is 3. The Morgan fingerprint density at radius 2 is 1.42 bits per heavy atom. The molecule has 3 aromatic rings. The smallest absolute Gasteiger partial charge is 0.244 e. The third-order valence-corrected chi connectivity index (χ3v) is 5.73. The minimum Gasteiger partial charge on any atom is -0.273 e. The van der Waals surface area contributed by atoms with E-state index in [1.807, 2.05) is 98.0 Å². The zero-order valence-corrected chi connectivity index (χ0v) is 17.6. The van der Waals surface area contributed by atoms with Crippen molar-refractivity contribution in [2.75, 3.05) is 0 Å². The molecule has 0 spiro atoms. The highest BCUT2D eigenvalue weighted by molar-refractivity contribution is 5.94. The van der Waals surface area contributed by atoms with E-state index < -0.39 is 0 Å². The number of carbonyl (C=O) groups is 1. The Labute approximate surface area is 183 Å². The molecule has 1 fully saturated rings. The summed E-state index contributed by atoms with van der Waals surface area (Å²) >= 11 is 0. The van der Waals surface area contributed by atoms with Crippen LogP contribution < -0.4 is 5.43 Å². The van der Waals surface area contributed by atoms with Gasteiger partial charge in [0.25, 0.3) is 0 Å². The summed E-state index contributed by atoms with van der Waals surface area (Å²) in [6, 6.07) is 30.7. The van der Waals surface area contributed by atoms with Crippen LogP contribution >= 0.6 is 0 Å². The Balaban J connectivity index is 1.42. The van der Waals surface area contributed by atoms with Gasteiger partial charge >= 0.3 is 0 Å². The molecule has 31 heavy (non-hydrogen) atoms. The number of hydrogen-bond acceptors (Lipinski definition) is 2. The molecule has 3 heteroatoms. The lowest BCUT2D eigenvalue weighted by atomic mass is 9.85. The van der Waals surface area contributed by atoms with Gasteiger partial charge in [-0.25, -0.2) is 5.43 Å². The topological polar surface area (TPSA) is 41.5 Å². The first-order valence-electron chi connectivity index (χ1n) is 10.5. The van der Waals surface area contributed by atoms with Gasteiger partial charge in [0.15, 0.2) is 0 Å². The highest BCUT2D eigenvalue weighted by Gasteiger charge is 2.60. The van der Waals surface area contributed by atoms with Crippen LogP contribution in [0.25, 0.3) is 6.08 Å². The zero-order chi connectivity index (χ0) is 21.5. The van der Waals surface area contributed by atoms with Crippen LogP contribution in [0.15, 0.2) is 114 Å². The number of nitrogens with zero attached hydrogens (tertiary/aromatic N) is 1. The van der Waals surface area contributed by atoms with Gasteiger partial charge < -0.3 is 0 Å². The molecule has 1 atom stereocenters. The SMILES string of the molecule is CC(C=CC=Cc1ccccc1)=NNC(=O)C1CC1(c1ccccc1)c1ccccc1. The molecule has 3 aromatic carbocycles. The number of allylic oxidation sites excluding steroid dienone is 3. The highest BCUT2D eigenvalue weighted by atomic mass is 16.2. The first-order valence-corrected chi connectivity index (χ1v) is 10.5. The predicted molar refractivity (Wildman–Crippen MR) is 128 cm³/mol. The van der Waals surface area contributed by atoms with Crippen molar-refractivity contribution >= 4 is 17.7 Å². The third-order valence-electron chi connectivity index (χ3n) is 5.73. The monoisotopic (exact) mass is 406 g/mol. The van der Waals surface area contributed by atoms with E-state index in [9.17, 15) is 4.79 Å². The van der Waals surface area contributed by atoms with Gasteiger partial charge in [0.1, 0.15) is 0 Å². The predicted octanol–water partition coefficient (Wildman–Crippen LogP) is 5.75. The maximum Gasteiger partial charge on any atom is 0.244 e. The lowest BCUT2D eigenvalue weighted by Crippen LogP contribution is -2.26. The number of hydrogen-bond donors (Lipinski definition) is 1. The molecule has 1 aliphatic carbocycles. The molecule has 1 N–H and O–H groups in total. The lowest BCUT2D eigenvalue weighted by Gasteiger charge is -2.18. The molecule has 154 valence electrons. The quantitative estimate of drug-likeness (QED) is 0.303. The Morgan fingerprint density at radius 3 is 2.00 bits per heavy atom. The lowest BCUT2D eigenvalue weighted by molar-refractivity contribution is -0.122. The van der Waals surface area contributed by atoms with E-state index in [4.69, 9.17) is 0 Å². The summed E-state index contributed by atoms with van der Waals surface area (Å²) in [4.78, 5) is 12.9. The number of nitrogens with one attached hydrogen (secondary N) is 1. The summed E-state index contributed by atoms with van der Waals surface area (Å²) in [5.41, 5.74) is 6.73. The Morgan fingerprint density at radius 1 is 0.871 bits per heavy atom. The molecule has 3 nitrogen and oxygen atoms in total. The van der Waals surface area contributed by atoms with Crippen LogP contribution in [0.1, 0.15) is 30.0 Å². The molecular weight excluding hydrogens is 380 g/mol. The minimum absolute atomic E-state index is 0.0414. The van der Waals surface area contributed by atoms with E-state index in [-0.39, 0.29) is 17.2 Å². The normalized spacial score (nSPS) is 17.7. The van der Waals surface area contributed by atoms with E-state index in [1.165, 1.54) is 11.1 Å². The van der Waals surface area contributed by atoms with Crippen molar-refractivity contribution in [2.24, 2.45) is 11.0 Å². The molecule has 0 radical (unpaired) electrons. The Hall–Kier alpha value is -3.72. The first kappa shape index (κ1) is 20.5. The average molecular weight is 407 g/mol. The highest BCUT2D eigenvalue weighted by Crippen LogP contribution is 2.58. The summed E-state index contributed by atoms with van der Waals surface area (Å²) in [7, 11) is 0. The van der Waals surface area contributed by atoms with Crippen molar-refractivity contribution in [3.05, 3.63) is 126 Å². The molecule has 1 aliphatic rings. The number of rotatable bonds is 7. The second kappa shape index (κ2) is 9.40. The van der Waals surface area contributed by atoms with E-state index in [0.29, 0.717) is 0 Å². The molecule has 4 rings (SSSR count). The van der Waals surface area contributed by atoms with E-state index >= 15 is 0 Å². The maximum atomic E-state index is 12.9. The summed E-state index contributed by atoms with van der Waals surface area (Å²) in [5.74, 6) is -0.170. The third kappa shape index (κ3) is 4.72. The summed E-state index contributed by atoms with van der Waals surface area (Å²) < 4.78 is 0. The maximum absolute atomic E-state index is 12.9. The molecule has 0 saturated heterocycles. The van der Waals surface area contributed by atoms with Gasteiger partial charge in [0.2, 0.25) is 5.91 Å². The van der Waals surface area contributed by atoms with E-state index in [2.05, 4.69) is 34.8 Å². The van der Waals surface area contributed by atoms with Crippen LogP contribution in [0.5, 0.6) is 0 Å². The summed E-state index contributed by atoms with van der Waals surface area (Å²) in [5, 5.41) is 4.28. The van der Waals surface area contributed by atoms with Crippen molar-refractivity contribution in [3.8, 4) is 0 Å². The zero-order valence-electron chi connectivity index (χ0n) is 17.6. The Bertz CT molecular complexity index is 1060. The molecule has 1 saturated carbocycles. The second-order valence-electron chi connectivity index (χ2n) is 7.82. The second-order valence-corrected chi connectivity index (χ2v) is 7.82. The number of carbonyl (C=O) groups excluding carboxylic acids is 1. The minimum atomic E-state index is -0.274. The Kier molecular flexibility index (Phi) is 6.23. The summed E-state index contributed by atoms with van der Waals surface area (Å²) in [6.45, 7) is 1.88. The van der Waals surface area contributed by atoms with Gasteiger partial charge in [-0.15, -0.1) is 0 Å². The molecule has 1 unspecified atom stereocenters. The van der Waals surface area contributed by atoms with Crippen LogP contribution in [0.4, 0.5) is 0 Å². The van der Waals surface area contributed by atoms with Crippen molar-refractivity contribution < 1.29 is 4.79 Å². The van der Waals surface area contributed by atoms with Crippen LogP contribution in [0, 0.1) is 5.92 Å². The standard InChI is InChI=1S/C28H26N2O/c1-22(13-11-12-16-23-14-5-2-6-15-23)29-30-27(31)26-21-28(26,24-17-7-3-8-18-24)25-19-9-4-10-20-25/h2-20,26H,21H2,1H3,(H,30,31). The van der Waals surface area contributed by atoms with Gasteiger partial charge in [-0.05, 0) is 36.1 Å². The van der Waals surface area contributed by atoms with Crippen LogP contribution in [-0.2, 0) is 10.2 Å². The fourth-order valence-corrected chi connectivity index (χ4v) is 4.04. The van der Waals surface area contributed by atoms with Gasteiger partial charge in [-0.3, -0.25) is 4.79 Å². The van der Waals surface area contributed by atoms with Crippen molar-refractivity contribution in [1.29, 1.82) is 0 Å². The largest absolute Gasteiger partial charge is 0.273 e. The van der Waals surface area contributed by atoms with E-state index in [0.717, 1.165) is 17.7 Å². The molecule has 0 heterocycles. The van der Waals surface area contributed by atoms with Gasteiger partial charge in [-0.2, -0.15) is 5.10 Å². The van der Waals surface area contributed by atoms with Crippen molar-refractivity contribution in [2.45, 2.75) is 18.8 Å². The first-order chi connectivity index (χ1) is 15.2. The number of hydrazone groups is 1. The fourth-order valence-electron chi connectivity index (χ4n) is 4.04. The van der Waals surface area contributed by atoms with Gasteiger partial charge in [0.05, 0.1) is 11.6 Å². The molecule has 0 aromatic heterocycles. The van der Waals surface area contributed by atoms with E-state index in [1.54, 1.807) is 0 Å². The van der Waals surface area contributed by atoms with Crippen molar-refractivity contribution in [3.63, 3.8) is 0 Å². The molecule has 0 bridgehead atoms. The number of amides is 1. The van der Waals surface area contributed by atoms with Gasteiger partial charge in [-0.1, -0.05) is 109 Å². The summed E-state index contributed by atoms with van der Waals surface area (Å²) in [6.07, 6.45) is 8.59. The van der Waals surface area contributed by atoms with Crippen LogP contribution in [0.3, 0.4) is 0 Å². The van der Waals surface area contributed by atoms with Gasteiger partial charge in [0, 0.05) is 5.41 Å². The average Bonchev–Trinajstić information content (AvgIpc) is 3.59. The molecule has 0 aliphatic heterocycles.